The van der Waals surface area contributed by atoms with E-state index in [1.807, 2.05) is 12.1 Å². The number of hydrogen-bond acceptors (Lipinski definition) is 11. The number of amides is 1. The van der Waals surface area contributed by atoms with Crippen LogP contribution < -0.4 is 25.3 Å². The van der Waals surface area contributed by atoms with E-state index in [2.05, 4.69) is 60.9 Å². The number of carbonyl (C=O) groups is 1. The number of aromatic nitrogens is 2. The molecule has 1 amide bonds. The number of ether oxygens (including phenoxy) is 1. The van der Waals surface area contributed by atoms with Gasteiger partial charge in [-0.15, -0.1) is 0 Å². The fourth-order valence-corrected chi connectivity index (χ4v) is 6.97. The van der Waals surface area contributed by atoms with Crippen LogP contribution >= 0.6 is 0 Å². The highest BCUT2D eigenvalue weighted by Crippen LogP contribution is 2.41. The standard InChI is InChI=1S/C36H47F2N9O3/c1-5-36(48)42-29-21-30(41-34-23-35(40-24-39-34)47-31(10-19-50-47)27-7-6-25(37)20-28(27)38)33(49-4)22-32(29)46-11-8-26(9-12-46)45-17-15-44(16-18-45)14-13-43(2)3/h5-7,20-24,26,31H,1,8-19H2,2-4H3,(H,42,48)(H,39,40,41)/t31-/m1/s1. The van der Waals surface area contributed by atoms with Gasteiger partial charge in [-0.2, -0.15) is 0 Å². The molecule has 3 saturated heterocycles. The lowest BCUT2D eigenvalue weighted by atomic mass is 10.0. The monoisotopic (exact) mass is 691 g/mol. The number of piperazine rings is 1. The van der Waals surface area contributed by atoms with Crippen molar-refractivity contribution in [3.8, 4) is 5.75 Å². The van der Waals surface area contributed by atoms with E-state index < -0.39 is 17.7 Å². The zero-order chi connectivity index (χ0) is 35.2. The molecule has 0 radical (unpaired) electrons. The maximum Gasteiger partial charge on any atom is 0.247 e. The number of nitrogens with zero attached hydrogens (tertiary/aromatic N) is 7. The fraction of sp³-hybridized carbons (Fsp3) is 0.472. The lowest BCUT2D eigenvalue weighted by Crippen LogP contribution is -2.54. The van der Waals surface area contributed by atoms with Crippen molar-refractivity contribution in [1.82, 2.24) is 24.7 Å². The molecule has 1 aromatic heterocycles. The summed E-state index contributed by atoms with van der Waals surface area (Å²) in [5.41, 5.74) is 2.38. The molecule has 3 aromatic rings. The quantitative estimate of drug-likeness (QED) is 0.260. The van der Waals surface area contributed by atoms with Crippen molar-refractivity contribution in [2.45, 2.75) is 31.3 Å². The number of anilines is 5. The minimum absolute atomic E-state index is 0.319. The number of likely N-dealkylation sites (N-methyl/N-ethyl adjacent to an activating group) is 1. The van der Waals surface area contributed by atoms with Gasteiger partial charge in [0.05, 0.1) is 36.8 Å². The molecule has 3 aliphatic rings. The van der Waals surface area contributed by atoms with Gasteiger partial charge < -0.3 is 25.2 Å². The van der Waals surface area contributed by atoms with Crippen LogP contribution in [0.15, 0.2) is 55.4 Å². The van der Waals surface area contributed by atoms with Crippen LogP contribution in [0.4, 0.5) is 37.5 Å². The summed E-state index contributed by atoms with van der Waals surface area (Å²) in [5, 5.41) is 7.81. The second-order valence-electron chi connectivity index (χ2n) is 13.2. The molecule has 1 atom stereocenters. The van der Waals surface area contributed by atoms with Crippen molar-refractivity contribution < 1.29 is 23.1 Å². The molecule has 268 valence electrons. The number of methoxy groups -OCH3 is 1. The minimum atomic E-state index is -0.643. The number of rotatable bonds is 12. The van der Waals surface area contributed by atoms with E-state index in [9.17, 15) is 13.6 Å². The molecule has 3 fully saturated rings. The Kier molecular flexibility index (Phi) is 11.4. The number of piperidine rings is 1. The van der Waals surface area contributed by atoms with Gasteiger partial charge in [-0.1, -0.05) is 12.6 Å². The lowest BCUT2D eigenvalue weighted by Gasteiger charge is -2.43. The molecule has 2 aromatic carbocycles. The molecule has 0 spiro atoms. The summed E-state index contributed by atoms with van der Waals surface area (Å²) < 4.78 is 34.1. The fourth-order valence-electron chi connectivity index (χ4n) is 6.97. The maximum atomic E-state index is 14.7. The molecular formula is C36H47F2N9O3. The SMILES string of the molecule is C=CC(=O)Nc1cc(Nc2cc(N3OCC[C@@H]3c3ccc(F)cc3F)ncn2)c(OC)cc1N1CCC(N2CCN(CCN(C)C)CC2)CC1. The predicted octanol–water partition coefficient (Wildman–Crippen LogP) is 4.66. The normalized spacial score (nSPS) is 19.2. The Morgan fingerprint density at radius 3 is 2.52 bits per heavy atom. The number of benzene rings is 2. The lowest BCUT2D eigenvalue weighted by molar-refractivity contribution is -0.111. The molecule has 0 saturated carbocycles. The van der Waals surface area contributed by atoms with Gasteiger partial charge in [0.15, 0.2) is 5.82 Å². The van der Waals surface area contributed by atoms with Crippen LogP contribution in [-0.4, -0.2) is 117 Å². The third-order valence-electron chi connectivity index (χ3n) is 9.72. The van der Waals surface area contributed by atoms with Crippen LogP contribution in [0.3, 0.4) is 0 Å². The number of halogens is 2. The van der Waals surface area contributed by atoms with E-state index in [1.165, 1.54) is 29.6 Å². The summed E-state index contributed by atoms with van der Waals surface area (Å²) in [7, 11) is 5.84. The van der Waals surface area contributed by atoms with Gasteiger partial charge in [0.25, 0.3) is 0 Å². The smallest absolute Gasteiger partial charge is 0.247 e. The van der Waals surface area contributed by atoms with Crippen LogP contribution in [0.1, 0.15) is 30.9 Å². The van der Waals surface area contributed by atoms with Gasteiger partial charge in [-0.05, 0) is 45.1 Å². The van der Waals surface area contributed by atoms with Crippen molar-refractivity contribution in [2.75, 3.05) is 101 Å². The van der Waals surface area contributed by atoms with Gasteiger partial charge in [0.2, 0.25) is 5.91 Å². The highest BCUT2D eigenvalue weighted by atomic mass is 19.1. The summed E-state index contributed by atoms with van der Waals surface area (Å²) in [6, 6.07) is 9.02. The van der Waals surface area contributed by atoms with E-state index >= 15 is 0 Å². The summed E-state index contributed by atoms with van der Waals surface area (Å²) in [5.74, 6) is -0.204. The molecule has 0 unspecified atom stereocenters. The van der Waals surface area contributed by atoms with E-state index in [0.717, 1.165) is 77.0 Å². The van der Waals surface area contributed by atoms with Crippen molar-refractivity contribution in [2.24, 2.45) is 0 Å². The summed E-state index contributed by atoms with van der Waals surface area (Å²) in [4.78, 5) is 36.9. The van der Waals surface area contributed by atoms with E-state index in [4.69, 9.17) is 9.57 Å². The average Bonchev–Trinajstić information content (AvgIpc) is 3.61. The number of hydroxylamine groups is 1. The molecule has 0 aliphatic carbocycles. The highest BCUT2D eigenvalue weighted by molar-refractivity contribution is 6.02. The van der Waals surface area contributed by atoms with E-state index in [1.54, 1.807) is 13.2 Å². The average molecular weight is 692 g/mol. The molecule has 6 rings (SSSR count). The van der Waals surface area contributed by atoms with Gasteiger partial charge in [0, 0.05) is 88.6 Å². The molecular weight excluding hydrogens is 644 g/mol. The van der Waals surface area contributed by atoms with Crippen LogP contribution in [0, 0.1) is 11.6 Å². The van der Waals surface area contributed by atoms with Crippen molar-refractivity contribution in [1.29, 1.82) is 0 Å². The summed E-state index contributed by atoms with van der Waals surface area (Å²) >= 11 is 0. The Morgan fingerprint density at radius 2 is 1.82 bits per heavy atom. The zero-order valence-corrected chi connectivity index (χ0v) is 29.1. The zero-order valence-electron chi connectivity index (χ0n) is 29.1. The first kappa shape index (κ1) is 35.5. The molecule has 3 aliphatic heterocycles. The van der Waals surface area contributed by atoms with Crippen LogP contribution in [0.2, 0.25) is 0 Å². The second-order valence-corrected chi connectivity index (χ2v) is 13.2. The van der Waals surface area contributed by atoms with Crippen LogP contribution in [0.25, 0.3) is 0 Å². The Balaban J connectivity index is 1.17. The third-order valence-corrected chi connectivity index (χ3v) is 9.72. The van der Waals surface area contributed by atoms with Gasteiger partial charge in [-0.3, -0.25) is 19.4 Å². The highest BCUT2D eigenvalue weighted by Gasteiger charge is 2.32. The predicted molar refractivity (Wildman–Crippen MR) is 191 cm³/mol. The van der Waals surface area contributed by atoms with Crippen molar-refractivity contribution in [3.05, 3.63) is 72.6 Å². The molecule has 0 bridgehead atoms. The Labute approximate surface area is 292 Å². The summed E-state index contributed by atoms with van der Waals surface area (Å²) in [6.07, 6.45) is 5.19. The summed E-state index contributed by atoms with van der Waals surface area (Å²) in [6.45, 7) is 12.2. The Bertz CT molecular complexity index is 1640. The Hall–Kier alpha value is -4.37. The Morgan fingerprint density at radius 1 is 1.04 bits per heavy atom. The van der Waals surface area contributed by atoms with Crippen molar-refractivity contribution in [3.63, 3.8) is 0 Å². The number of nitrogens with one attached hydrogen (secondary N) is 2. The molecule has 4 heterocycles. The second kappa shape index (κ2) is 16.1. The molecule has 2 N–H and O–H groups in total. The first-order valence-electron chi connectivity index (χ1n) is 17.2. The van der Waals surface area contributed by atoms with Crippen LogP contribution in [0.5, 0.6) is 5.75 Å². The van der Waals surface area contributed by atoms with Gasteiger partial charge in [0.1, 0.15) is 29.5 Å². The third kappa shape index (κ3) is 8.32. The maximum absolute atomic E-state index is 14.7. The van der Waals surface area contributed by atoms with Crippen LogP contribution in [-0.2, 0) is 9.63 Å². The molecule has 12 nitrogen and oxygen atoms in total. The minimum Gasteiger partial charge on any atom is -0.494 e. The first-order valence-corrected chi connectivity index (χ1v) is 17.2. The van der Waals surface area contributed by atoms with Gasteiger partial charge >= 0.3 is 0 Å². The first-order chi connectivity index (χ1) is 24.2. The number of carbonyl (C=O) groups excluding carboxylic acids is 1. The topological polar surface area (TPSA) is 102 Å². The molecule has 50 heavy (non-hydrogen) atoms. The van der Waals surface area contributed by atoms with E-state index in [-0.39, 0.29) is 5.91 Å². The van der Waals surface area contributed by atoms with E-state index in [0.29, 0.717) is 53.4 Å². The van der Waals surface area contributed by atoms with Crippen molar-refractivity contribution >= 4 is 34.6 Å². The largest absolute Gasteiger partial charge is 0.494 e. The van der Waals surface area contributed by atoms with Gasteiger partial charge in [-0.25, -0.2) is 23.8 Å². The molecule has 14 heteroatoms. The number of hydrogen-bond donors (Lipinski definition) is 2.